The molecular weight excluding hydrogens is 582 g/mol. The summed E-state index contributed by atoms with van der Waals surface area (Å²) in [4.78, 5) is 65.8. The lowest BCUT2D eigenvalue weighted by Gasteiger charge is -2.35. The second kappa shape index (κ2) is 12.4. The molecule has 0 spiro atoms. The summed E-state index contributed by atoms with van der Waals surface area (Å²) in [6.45, 7) is -3.04. The fraction of sp³-hybridized carbons (Fsp3) is 0.194. The molecule has 1 aliphatic heterocycles. The predicted molar refractivity (Wildman–Crippen MR) is 148 cm³/mol. The van der Waals surface area contributed by atoms with Crippen molar-refractivity contribution in [2.45, 2.75) is 23.8 Å². The fourth-order valence-corrected chi connectivity index (χ4v) is 4.69. The molecule has 0 aliphatic carbocycles. The Hall–Kier alpha value is -5.43. The van der Waals surface area contributed by atoms with Crippen LogP contribution in [0.25, 0.3) is 0 Å². The maximum Gasteiger partial charge on any atom is 0.339 e. The van der Waals surface area contributed by atoms with E-state index in [2.05, 4.69) is 0 Å². The van der Waals surface area contributed by atoms with Crippen molar-refractivity contribution in [3.8, 4) is 0 Å². The number of aromatic amines is 1. The highest BCUT2D eigenvalue weighted by molar-refractivity contribution is 5.91. The van der Waals surface area contributed by atoms with E-state index in [0.717, 1.165) is 12.3 Å². The highest BCUT2D eigenvalue weighted by atomic mass is 19.2. The van der Waals surface area contributed by atoms with Crippen LogP contribution in [0.1, 0.15) is 37.3 Å². The number of carbonyl (C=O) groups is 3. The van der Waals surface area contributed by atoms with Crippen LogP contribution in [0.15, 0.2) is 113 Å². The van der Waals surface area contributed by atoms with Gasteiger partial charge in [0.15, 0.2) is 12.8 Å². The third kappa shape index (κ3) is 5.90. The van der Waals surface area contributed by atoms with Gasteiger partial charge in [0.25, 0.3) is 11.4 Å². The third-order valence-electron chi connectivity index (χ3n) is 6.81. The lowest BCUT2D eigenvalue weighted by Crippen LogP contribution is -2.58. The van der Waals surface area contributed by atoms with E-state index >= 15 is 8.78 Å². The molecule has 1 saturated heterocycles. The van der Waals surface area contributed by atoms with Gasteiger partial charge < -0.3 is 18.9 Å². The Labute approximate surface area is 247 Å². The first kappa shape index (κ1) is 30.0. The van der Waals surface area contributed by atoms with Gasteiger partial charge in [-0.05, 0) is 36.4 Å². The van der Waals surface area contributed by atoms with Crippen LogP contribution in [-0.2, 0) is 18.9 Å². The van der Waals surface area contributed by atoms with Crippen molar-refractivity contribution in [1.82, 2.24) is 9.55 Å². The van der Waals surface area contributed by atoms with Crippen LogP contribution in [0.4, 0.5) is 8.78 Å². The number of rotatable bonds is 9. The minimum absolute atomic E-state index is 0.0348. The molecule has 13 heteroatoms. The molecule has 1 aromatic heterocycles. The molecule has 5 rings (SSSR count). The molecule has 0 saturated carbocycles. The van der Waals surface area contributed by atoms with Gasteiger partial charge in [-0.15, -0.1) is 0 Å². The Morgan fingerprint density at radius 2 is 1.32 bits per heavy atom. The first-order valence-electron chi connectivity index (χ1n) is 13.2. The summed E-state index contributed by atoms with van der Waals surface area (Å²) in [5, 5.41) is 0. The molecule has 1 N–H and O–H groups in total. The van der Waals surface area contributed by atoms with Crippen LogP contribution < -0.4 is 11.2 Å². The SMILES string of the molecule is O=C(OCC1(F)O[C@@H](n2ccc(=O)[nH]c2=O)[C@](CF)(OC(=O)c2ccccc2)[C@@H]1OC(=O)c1ccccc1)c1ccccc1. The Kier molecular flexibility index (Phi) is 8.49. The van der Waals surface area contributed by atoms with Crippen molar-refractivity contribution in [2.75, 3.05) is 13.3 Å². The van der Waals surface area contributed by atoms with Crippen molar-refractivity contribution in [3.63, 3.8) is 0 Å². The maximum absolute atomic E-state index is 17.1. The zero-order chi connectivity index (χ0) is 31.3. The molecule has 0 radical (unpaired) electrons. The summed E-state index contributed by atoms with van der Waals surface area (Å²) in [6.07, 6.45) is -3.75. The normalized spacial score (nSPS) is 22.6. The number of H-pyrrole nitrogens is 1. The molecular formula is C31H24F2N2O9. The van der Waals surface area contributed by atoms with E-state index in [1.165, 1.54) is 72.8 Å². The first-order chi connectivity index (χ1) is 21.2. The van der Waals surface area contributed by atoms with E-state index in [0.29, 0.717) is 4.57 Å². The molecule has 4 atom stereocenters. The average molecular weight is 607 g/mol. The van der Waals surface area contributed by atoms with Crippen molar-refractivity contribution in [1.29, 1.82) is 0 Å². The first-order valence-corrected chi connectivity index (χ1v) is 13.2. The highest BCUT2D eigenvalue weighted by Crippen LogP contribution is 2.50. The number of ether oxygens (including phenoxy) is 4. The number of aromatic nitrogens is 2. The number of hydrogen-bond acceptors (Lipinski definition) is 9. The van der Waals surface area contributed by atoms with Gasteiger partial charge in [-0.2, -0.15) is 0 Å². The molecule has 44 heavy (non-hydrogen) atoms. The van der Waals surface area contributed by atoms with Gasteiger partial charge in [0.1, 0.15) is 6.67 Å². The minimum Gasteiger partial charge on any atom is -0.456 e. The fourth-order valence-electron chi connectivity index (χ4n) is 4.69. The van der Waals surface area contributed by atoms with E-state index in [1.54, 1.807) is 18.2 Å². The number of nitrogens with zero attached hydrogens (tertiary/aromatic N) is 1. The number of halogens is 2. The van der Waals surface area contributed by atoms with E-state index < -0.39 is 66.2 Å². The molecule has 2 heterocycles. The van der Waals surface area contributed by atoms with Gasteiger partial charge in [-0.25, -0.2) is 28.0 Å². The lowest BCUT2D eigenvalue weighted by atomic mass is 9.93. The standard InChI is InChI=1S/C31H24F2N2O9/c32-18-30(43-26(39)22-14-8-3-9-15-22)27(42-25(38)21-12-6-2-7-13-21)31(33,19-41-24(37)20-10-4-1-5-11-20)44-28(30)35-17-16-23(36)34-29(35)40/h1-17,27-28H,18-19H2,(H,34,36,40)/t27-,28+,30+,31?/m0/s1. The number of esters is 3. The lowest BCUT2D eigenvalue weighted by molar-refractivity contribution is -0.208. The second-order valence-electron chi connectivity index (χ2n) is 9.71. The summed E-state index contributed by atoms with van der Waals surface area (Å²) in [6, 6.07) is 22.9. The highest BCUT2D eigenvalue weighted by Gasteiger charge is 2.72. The van der Waals surface area contributed by atoms with Crippen molar-refractivity contribution < 1.29 is 42.1 Å². The van der Waals surface area contributed by atoms with Crippen LogP contribution in [0.2, 0.25) is 0 Å². The molecule has 226 valence electrons. The molecule has 0 bridgehead atoms. The molecule has 1 unspecified atom stereocenters. The third-order valence-corrected chi connectivity index (χ3v) is 6.81. The van der Waals surface area contributed by atoms with E-state index in [9.17, 15) is 24.0 Å². The number of hydrogen-bond donors (Lipinski definition) is 1. The van der Waals surface area contributed by atoms with Crippen molar-refractivity contribution in [3.05, 3.63) is 141 Å². The van der Waals surface area contributed by atoms with Crippen molar-refractivity contribution >= 4 is 17.9 Å². The number of nitrogens with one attached hydrogen (secondary N) is 1. The monoisotopic (exact) mass is 606 g/mol. The quantitative estimate of drug-likeness (QED) is 0.224. The van der Waals surface area contributed by atoms with Gasteiger partial charge >= 0.3 is 23.6 Å². The largest absolute Gasteiger partial charge is 0.456 e. The topological polar surface area (TPSA) is 143 Å². The van der Waals surface area contributed by atoms with Gasteiger partial charge in [-0.1, -0.05) is 54.6 Å². The smallest absolute Gasteiger partial charge is 0.339 e. The van der Waals surface area contributed by atoms with Gasteiger partial charge in [-0.3, -0.25) is 14.3 Å². The summed E-state index contributed by atoms with van der Waals surface area (Å²) in [5.74, 6) is -6.74. The number of carbonyl (C=O) groups excluding carboxylic acids is 3. The Morgan fingerprint density at radius 1 is 0.795 bits per heavy atom. The number of alkyl halides is 2. The van der Waals surface area contributed by atoms with Crippen LogP contribution in [-0.4, -0.2) is 58.3 Å². The maximum atomic E-state index is 17.1. The minimum atomic E-state index is -3.39. The Bertz CT molecular complexity index is 1770. The van der Waals surface area contributed by atoms with Crippen LogP contribution >= 0.6 is 0 Å². The van der Waals surface area contributed by atoms with Gasteiger partial charge in [0.2, 0.25) is 11.7 Å². The van der Waals surface area contributed by atoms with Crippen LogP contribution in [0, 0.1) is 0 Å². The van der Waals surface area contributed by atoms with Gasteiger partial charge in [0.05, 0.1) is 16.7 Å². The summed E-state index contributed by atoms with van der Waals surface area (Å²) in [7, 11) is 0. The molecule has 11 nitrogen and oxygen atoms in total. The Morgan fingerprint density at radius 3 is 1.84 bits per heavy atom. The van der Waals surface area contributed by atoms with Crippen LogP contribution in [0.5, 0.6) is 0 Å². The van der Waals surface area contributed by atoms with Crippen molar-refractivity contribution in [2.24, 2.45) is 0 Å². The molecule has 1 aliphatic rings. The summed E-state index contributed by atoms with van der Waals surface area (Å²) >= 11 is 0. The van der Waals surface area contributed by atoms with E-state index in [-0.39, 0.29) is 16.7 Å². The summed E-state index contributed by atoms with van der Waals surface area (Å²) in [5.41, 5.74) is -5.04. The summed E-state index contributed by atoms with van der Waals surface area (Å²) < 4.78 is 54.9. The molecule has 3 aromatic carbocycles. The van der Waals surface area contributed by atoms with E-state index in [4.69, 9.17) is 18.9 Å². The average Bonchev–Trinajstić information content (AvgIpc) is 3.28. The Balaban J connectivity index is 1.62. The van der Waals surface area contributed by atoms with Crippen LogP contribution in [0.3, 0.4) is 0 Å². The second-order valence-corrected chi connectivity index (χ2v) is 9.71. The van der Waals surface area contributed by atoms with E-state index in [1.807, 2.05) is 4.98 Å². The zero-order valence-electron chi connectivity index (χ0n) is 22.8. The molecule has 0 amide bonds. The zero-order valence-corrected chi connectivity index (χ0v) is 22.8. The number of benzene rings is 3. The molecule has 4 aromatic rings. The predicted octanol–water partition coefficient (Wildman–Crippen LogP) is 3.38. The molecule has 1 fully saturated rings. The van der Waals surface area contributed by atoms with Gasteiger partial charge in [0, 0.05) is 12.3 Å².